The van der Waals surface area contributed by atoms with Crippen LogP contribution in [-0.2, 0) is 10.0 Å². The lowest BCUT2D eigenvalue weighted by molar-refractivity contribution is 0.504. The Kier molecular flexibility index (Phi) is 4.74. The number of amidine groups is 1. The predicted octanol–water partition coefficient (Wildman–Crippen LogP) is 0.959. The maximum absolute atomic E-state index is 12.9. The molecule has 0 aliphatic carbocycles. The fraction of sp³-hybridized carbons (Fsp3) is 0.300. The zero-order valence-corrected chi connectivity index (χ0v) is 10.2. The first-order chi connectivity index (χ1) is 8.33. The Morgan fingerprint density at radius 1 is 1.33 bits per heavy atom. The van der Waals surface area contributed by atoms with Crippen molar-refractivity contribution in [2.45, 2.75) is 17.7 Å². The third kappa shape index (κ3) is 4.04. The molecule has 1 aromatic rings. The average Bonchev–Trinajstić information content (AvgIpc) is 2.28. The van der Waals surface area contributed by atoms with E-state index in [1.165, 1.54) is 0 Å². The Hall–Kier alpha value is -1.54. The van der Waals surface area contributed by atoms with Gasteiger partial charge in [-0.1, -0.05) is 0 Å². The summed E-state index contributed by atoms with van der Waals surface area (Å²) in [6.45, 7) is 0.0703. The summed E-state index contributed by atoms with van der Waals surface area (Å²) in [4.78, 5) is -0.343. The van der Waals surface area contributed by atoms with Crippen molar-refractivity contribution >= 4 is 15.9 Å². The van der Waals surface area contributed by atoms with Crippen LogP contribution in [0.25, 0.3) is 0 Å². The van der Waals surface area contributed by atoms with Crippen LogP contribution >= 0.6 is 0 Å². The highest BCUT2D eigenvalue weighted by molar-refractivity contribution is 7.89. The molecule has 0 spiro atoms. The smallest absolute Gasteiger partial charge is 0.240 e. The van der Waals surface area contributed by atoms with Gasteiger partial charge in [0, 0.05) is 13.0 Å². The molecule has 0 saturated carbocycles. The molecule has 100 valence electrons. The fourth-order valence-corrected chi connectivity index (χ4v) is 2.30. The molecular formula is C10H13F2N3O2S. The highest BCUT2D eigenvalue weighted by Crippen LogP contribution is 2.13. The summed E-state index contributed by atoms with van der Waals surface area (Å²) < 4.78 is 51.1. The zero-order chi connectivity index (χ0) is 13.8. The van der Waals surface area contributed by atoms with E-state index in [1.807, 2.05) is 0 Å². The quantitative estimate of drug-likeness (QED) is 0.410. The van der Waals surface area contributed by atoms with Crippen molar-refractivity contribution in [1.29, 1.82) is 5.41 Å². The van der Waals surface area contributed by atoms with Gasteiger partial charge >= 0.3 is 0 Å². The molecule has 0 aromatic heterocycles. The average molecular weight is 277 g/mol. The summed E-state index contributed by atoms with van der Waals surface area (Å²) in [5.41, 5.74) is 5.10. The van der Waals surface area contributed by atoms with Gasteiger partial charge in [0.15, 0.2) is 11.6 Å². The van der Waals surface area contributed by atoms with E-state index in [9.17, 15) is 17.2 Å². The van der Waals surface area contributed by atoms with Crippen LogP contribution in [0.1, 0.15) is 12.8 Å². The number of nitrogens with two attached hydrogens (primary N) is 1. The van der Waals surface area contributed by atoms with Crippen molar-refractivity contribution in [2.75, 3.05) is 6.54 Å². The van der Waals surface area contributed by atoms with Crippen molar-refractivity contribution in [2.24, 2.45) is 5.73 Å². The van der Waals surface area contributed by atoms with E-state index < -0.39 is 21.7 Å². The summed E-state index contributed by atoms with van der Waals surface area (Å²) in [5, 5.41) is 6.95. The van der Waals surface area contributed by atoms with Crippen molar-refractivity contribution in [3.8, 4) is 0 Å². The largest absolute Gasteiger partial charge is 0.388 e. The second-order valence-electron chi connectivity index (χ2n) is 3.60. The molecule has 0 heterocycles. The van der Waals surface area contributed by atoms with E-state index in [1.54, 1.807) is 0 Å². The summed E-state index contributed by atoms with van der Waals surface area (Å²) in [6.07, 6.45) is 0.624. The molecule has 4 N–H and O–H groups in total. The minimum atomic E-state index is -3.87. The second kappa shape index (κ2) is 5.87. The minimum Gasteiger partial charge on any atom is -0.388 e. The third-order valence-electron chi connectivity index (χ3n) is 2.12. The number of rotatable bonds is 6. The van der Waals surface area contributed by atoms with Crippen LogP contribution in [0.2, 0.25) is 0 Å². The van der Waals surface area contributed by atoms with E-state index in [0.717, 1.165) is 12.1 Å². The van der Waals surface area contributed by atoms with E-state index in [2.05, 4.69) is 4.72 Å². The lowest BCUT2D eigenvalue weighted by Gasteiger charge is -2.06. The zero-order valence-electron chi connectivity index (χ0n) is 9.41. The third-order valence-corrected chi connectivity index (χ3v) is 3.58. The number of halogens is 2. The lowest BCUT2D eigenvalue weighted by atomic mass is 10.3. The Labute approximate surface area is 104 Å². The van der Waals surface area contributed by atoms with E-state index in [-0.39, 0.29) is 23.7 Å². The van der Waals surface area contributed by atoms with Crippen LogP contribution in [-0.4, -0.2) is 20.8 Å². The molecule has 0 unspecified atom stereocenters. The van der Waals surface area contributed by atoms with Gasteiger partial charge in [-0.2, -0.15) is 0 Å². The Morgan fingerprint density at radius 2 is 2.00 bits per heavy atom. The predicted molar refractivity (Wildman–Crippen MR) is 62.7 cm³/mol. The van der Waals surface area contributed by atoms with Crippen LogP contribution in [0.5, 0.6) is 0 Å². The summed E-state index contributed by atoms with van der Waals surface area (Å²) in [6, 6.07) is 2.34. The monoisotopic (exact) mass is 277 g/mol. The van der Waals surface area contributed by atoms with Gasteiger partial charge in [-0.25, -0.2) is 21.9 Å². The van der Waals surface area contributed by atoms with E-state index >= 15 is 0 Å². The molecular weight excluding hydrogens is 264 g/mol. The summed E-state index contributed by atoms with van der Waals surface area (Å²) >= 11 is 0. The maximum Gasteiger partial charge on any atom is 0.240 e. The first kappa shape index (κ1) is 14.5. The Bertz CT molecular complexity index is 546. The first-order valence-electron chi connectivity index (χ1n) is 5.10. The fourth-order valence-electron chi connectivity index (χ4n) is 1.21. The van der Waals surface area contributed by atoms with Crippen LogP contribution in [0.15, 0.2) is 23.1 Å². The Morgan fingerprint density at radius 3 is 2.56 bits per heavy atom. The molecule has 0 fully saturated rings. The standard InChI is InChI=1S/C10H13F2N3O2S/c11-8-4-3-7(6-9(8)12)18(16,17)15-5-1-2-10(13)14/h3-4,6,15H,1-2,5H2,(H3,13,14). The summed E-state index contributed by atoms with van der Waals surface area (Å²) in [7, 11) is -3.87. The molecule has 0 aliphatic heterocycles. The van der Waals surface area contributed by atoms with Gasteiger partial charge < -0.3 is 5.73 Å². The van der Waals surface area contributed by atoms with Gasteiger partial charge in [-0.3, -0.25) is 5.41 Å². The van der Waals surface area contributed by atoms with Crippen LogP contribution in [0.3, 0.4) is 0 Å². The van der Waals surface area contributed by atoms with Gasteiger partial charge in [0.1, 0.15) is 0 Å². The number of sulfonamides is 1. The van der Waals surface area contributed by atoms with Crippen molar-refractivity contribution in [1.82, 2.24) is 4.72 Å². The van der Waals surface area contributed by atoms with Crippen LogP contribution in [0.4, 0.5) is 8.78 Å². The SMILES string of the molecule is N=C(N)CCCNS(=O)(=O)c1ccc(F)c(F)c1. The van der Waals surface area contributed by atoms with Crippen LogP contribution < -0.4 is 10.5 Å². The van der Waals surface area contributed by atoms with E-state index in [0.29, 0.717) is 12.5 Å². The van der Waals surface area contributed by atoms with Crippen molar-refractivity contribution in [3.05, 3.63) is 29.8 Å². The molecule has 0 saturated heterocycles. The van der Waals surface area contributed by atoms with Crippen LogP contribution in [0, 0.1) is 17.0 Å². The number of nitrogens with one attached hydrogen (secondary N) is 2. The van der Waals surface area contributed by atoms with E-state index in [4.69, 9.17) is 11.1 Å². The highest BCUT2D eigenvalue weighted by Gasteiger charge is 2.15. The maximum atomic E-state index is 12.9. The normalized spacial score (nSPS) is 11.4. The molecule has 0 radical (unpaired) electrons. The molecule has 8 heteroatoms. The first-order valence-corrected chi connectivity index (χ1v) is 6.59. The molecule has 0 bridgehead atoms. The van der Waals surface area contributed by atoms with Gasteiger partial charge in [0.25, 0.3) is 0 Å². The number of hydrogen-bond acceptors (Lipinski definition) is 3. The van der Waals surface area contributed by atoms with Gasteiger partial charge in [0.05, 0.1) is 10.7 Å². The minimum absolute atomic E-state index is 0.0398. The topological polar surface area (TPSA) is 96.0 Å². The lowest BCUT2D eigenvalue weighted by Crippen LogP contribution is -2.26. The second-order valence-corrected chi connectivity index (χ2v) is 5.37. The van der Waals surface area contributed by atoms with Gasteiger partial charge in [0.2, 0.25) is 10.0 Å². The molecule has 0 atom stereocenters. The Balaban J connectivity index is 2.68. The molecule has 1 aromatic carbocycles. The molecule has 0 amide bonds. The van der Waals surface area contributed by atoms with Gasteiger partial charge in [-0.05, 0) is 24.6 Å². The number of benzene rings is 1. The number of hydrogen-bond donors (Lipinski definition) is 3. The molecule has 0 aliphatic rings. The highest BCUT2D eigenvalue weighted by atomic mass is 32.2. The molecule has 1 rings (SSSR count). The van der Waals surface area contributed by atoms with Gasteiger partial charge in [-0.15, -0.1) is 0 Å². The van der Waals surface area contributed by atoms with Crippen molar-refractivity contribution < 1.29 is 17.2 Å². The summed E-state index contributed by atoms with van der Waals surface area (Å²) in [5.74, 6) is -2.37. The molecule has 5 nitrogen and oxygen atoms in total. The van der Waals surface area contributed by atoms with Crippen molar-refractivity contribution in [3.63, 3.8) is 0 Å². The molecule has 18 heavy (non-hydrogen) atoms.